The van der Waals surface area contributed by atoms with Crippen LogP contribution in [0.1, 0.15) is 30.3 Å². The number of nitrogens with one attached hydrogen (secondary N) is 1. The Morgan fingerprint density at radius 2 is 2.00 bits per heavy atom. The molecular weight excluding hydrogens is 328 g/mol. The van der Waals surface area contributed by atoms with Gasteiger partial charge in [-0.15, -0.1) is 0 Å². The van der Waals surface area contributed by atoms with Crippen molar-refractivity contribution in [2.45, 2.75) is 33.4 Å². The van der Waals surface area contributed by atoms with Crippen LogP contribution in [0.15, 0.2) is 40.9 Å². The van der Waals surface area contributed by atoms with Crippen LogP contribution in [0.4, 0.5) is 0 Å². The summed E-state index contributed by atoms with van der Waals surface area (Å²) in [6.07, 6.45) is 1.13. The van der Waals surface area contributed by atoms with Gasteiger partial charge in [0.05, 0.1) is 11.4 Å². The van der Waals surface area contributed by atoms with Gasteiger partial charge in [-0.3, -0.25) is 4.98 Å². The van der Waals surface area contributed by atoms with Crippen molar-refractivity contribution >= 4 is 15.9 Å². The van der Waals surface area contributed by atoms with E-state index in [1.54, 1.807) is 0 Å². The van der Waals surface area contributed by atoms with Crippen molar-refractivity contribution in [2.75, 3.05) is 6.54 Å². The fraction of sp³-hybridized carbons (Fsp3) is 0.353. The molecule has 1 aromatic heterocycles. The summed E-state index contributed by atoms with van der Waals surface area (Å²) in [5.41, 5.74) is 3.12. The maximum absolute atomic E-state index is 5.87. The van der Waals surface area contributed by atoms with E-state index in [0.717, 1.165) is 46.7 Å². The second-order valence-corrected chi connectivity index (χ2v) is 5.91. The van der Waals surface area contributed by atoms with E-state index in [1.807, 2.05) is 43.3 Å². The molecule has 0 fully saturated rings. The van der Waals surface area contributed by atoms with Gasteiger partial charge in [-0.2, -0.15) is 0 Å². The lowest BCUT2D eigenvalue weighted by molar-refractivity contribution is 0.298. The van der Waals surface area contributed by atoms with Crippen molar-refractivity contribution < 1.29 is 4.74 Å². The molecule has 0 aliphatic carbocycles. The molecule has 1 aromatic carbocycles. The highest BCUT2D eigenvalue weighted by atomic mass is 79.9. The van der Waals surface area contributed by atoms with E-state index in [-0.39, 0.29) is 0 Å². The Hall–Kier alpha value is -1.39. The summed E-state index contributed by atoms with van der Waals surface area (Å²) in [5.74, 6) is 0.890. The van der Waals surface area contributed by atoms with Gasteiger partial charge in [-0.1, -0.05) is 35.0 Å². The Morgan fingerprint density at radius 1 is 1.19 bits per heavy atom. The van der Waals surface area contributed by atoms with Crippen molar-refractivity contribution in [1.29, 1.82) is 0 Å². The van der Waals surface area contributed by atoms with E-state index in [2.05, 4.69) is 33.2 Å². The minimum atomic E-state index is 0.485. The van der Waals surface area contributed by atoms with Crippen LogP contribution in [0.5, 0.6) is 5.75 Å². The summed E-state index contributed by atoms with van der Waals surface area (Å²) >= 11 is 3.47. The molecule has 112 valence electrons. The summed E-state index contributed by atoms with van der Waals surface area (Å²) in [7, 11) is 0. The summed E-state index contributed by atoms with van der Waals surface area (Å²) in [5, 5.41) is 3.36. The normalized spacial score (nSPS) is 10.6. The molecule has 4 heteroatoms. The molecule has 2 aromatic rings. The van der Waals surface area contributed by atoms with E-state index in [4.69, 9.17) is 4.74 Å². The molecule has 1 N–H and O–H groups in total. The third kappa shape index (κ3) is 5.14. The van der Waals surface area contributed by atoms with Crippen molar-refractivity contribution in [1.82, 2.24) is 10.3 Å². The third-order valence-electron chi connectivity index (χ3n) is 3.12. The first-order valence-electron chi connectivity index (χ1n) is 7.23. The maximum atomic E-state index is 5.87. The zero-order valence-corrected chi connectivity index (χ0v) is 14.1. The number of rotatable bonds is 7. The topological polar surface area (TPSA) is 34.1 Å². The zero-order chi connectivity index (χ0) is 15.1. The number of aromatic nitrogens is 1. The highest BCUT2D eigenvalue weighted by Crippen LogP contribution is 2.23. The first kappa shape index (κ1) is 16.0. The number of halogens is 1. The molecule has 0 aliphatic heterocycles. The van der Waals surface area contributed by atoms with Gasteiger partial charge in [-0.25, -0.2) is 0 Å². The van der Waals surface area contributed by atoms with E-state index in [1.165, 1.54) is 0 Å². The molecule has 0 unspecified atom stereocenters. The molecule has 0 saturated heterocycles. The average Bonchev–Trinajstić information content (AvgIpc) is 2.49. The number of pyridine rings is 1. The van der Waals surface area contributed by atoms with Crippen LogP contribution in [0.25, 0.3) is 0 Å². The predicted octanol–water partition coefficient (Wildman–Crippen LogP) is 4.23. The number of benzene rings is 1. The molecule has 1 heterocycles. The number of ether oxygens (including phenoxy) is 1. The van der Waals surface area contributed by atoms with Gasteiger partial charge >= 0.3 is 0 Å². The van der Waals surface area contributed by atoms with E-state index >= 15 is 0 Å². The second-order valence-electron chi connectivity index (χ2n) is 5.00. The molecule has 0 bridgehead atoms. The predicted molar refractivity (Wildman–Crippen MR) is 89.4 cm³/mol. The zero-order valence-electron chi connectivity index (χ0n) is 12.5. The van der Waals surface area contributed by atoms with Crippen molar-refractivity contribution in [3.63, 3.8) is 0 Å². The quantitative estimate of drug-likeness (QED) is 0.760. The second kappa shape index (κ2) is 8.15. The van der Waals surface area contributed by atoms with Crippen LogP contribution in [0.2, 0.25) is 0 Å². The van der Waals surface area contributed by atoms with Crippen LogP contribution >= 0.6 is 15.9 Å². The van der Waals surface area contributed by atoms with Crippen LogP contribution in [0, 0.1) is 6.92 Å². The number of hydrogen-bond donors (Lipinski definition) is 1. The fourth-order valence-electron chi connectivity index (χ4n) is 1.98. The highest BCUT2D eigenvalue weighted by molar-refractivity contribution is 9.10. The molecule has 0 amide bonds. The average molecular weight is 349 g/mol. The minimum absolute atomic E-state index is 0.485. The molecule has 0 aliphatic rings. The smallest absolute Gasteiger partial charge is 0.130 e. The SMILES string of the molecule is CCCNCc1cccc(COc2cc(Br)ccc2C)n1. The Bertz CT molecular complexity index is 587. The van der Waals surface area contributed by atoms with Crippen LogP contribution in [-0.2, 0) is 13.2 Å². The molecule has 2 rings (SSSR count). The molecule has 0 atom stereocenters. The van der Waals surface area contributed by atoms with Crippen LogP contribution in [-0.4, -0.2) is 11.5 Å². The van der Waals surface area contributed by atoms with Gasteiger partial charge < -0.3 is 10.1 Å². The van der Waals surface area contributed by atoms with Crippen molar-refractivity contribution in [2.24, 2.45) is 0 Å². The van der Waals surface area contributed by atoms with Crippen molar-refractivity contribution in [3.8, 4) is 5.75 Å². The molecule has 3 nitrogen and oxygen atoms in total. The van der Waals surface area contributed by atoms with Gasteiger partial charge in [0.15, 0.2) is 0 Å². The molecular formula is C17H21BrN2O. The Labute approximate surface area is 134 Å². The van der Waals surface area contributed by atoms with Gasteiger partial charge in [-0.05, 0) is 49.7 Å². The third-order valence-corrected chi connectivity index (χ3v) is 3.62. The first-order valence-corrected chi connectivity index (χ1v) is 8.03. The Morgan fingerprint density at radius 3 is 2.81 bits per heavy atom. The monoisotopic (exact) mass is 348 g/mol. The lowest BCUT2D eigenvalue weighted by Gasteiger charge is -2.10. The van der Waals surface area contributed by atoms with E-state index < -0.39 is 0 Å². The highest BCUT2D eigenvalue weighted by Gasteiger charge is 2.03. The summed E-state index contributed by atoms with van der Waals surface area (Å²) in [6, 6.07) is 12.1. The molecule has 21 heavy (non-hydrogen) atoms. The number of aryl methyl sites for hydroxylation is 1. The molecule has 0 radical (unpaired) electrons. The van der Waals surface area contributed by atoms with Gasteiger partial charge in [0.25, 0.3) is 0 Å². The number of nitrogens with zero attached hydrogens (tertiary/aromatic N) is 1. The lowest BCUT2D eigenvalue weighted by Crippen LogP contribution is -2.15. The minimum Gasteiger partial charge on any atom is -0.487 e. The Kier molecular flexibility index (Phi) is 6.21. The molecule has 0 saturated carbocycles. The van der Waals surface area contributed by atoms with E-state index in [9.17, 15) is 0 Å². The van der Waals surface area contributed by atoms with Gasteiger partial charge in [0.2, 0.25) is 0 Å². The lowest BCUT2D eigenvalue weighted by atomic mass is 10.2. The van der Waals surface area contributed by atoms with Crippen LogP contribution < -0.4 is 10.1 Å². The standard InChI is InChI=1S/C17H21BrN2O/c1-3-9-19-11-15-5-4-6-16(20-15)12-21-17-10-14(18)8-7-13(17)2/h4-8,10,19H,3,9,11-12H2,1-2H3. The summed E-state index contributed by atoms with van der Waals surface area (Å²) in [4.78, 5) is 4.61. The largest absolute Gasteiger partial charge is 0.487 e. The maximum Gasteiger partial charge on any atom is 0.130 e. The van der Waals surface area contributed by atoms with Crippen molar-refractivity contribution in [3.05, 3.63) is 57.8 Å². The van der Waals surface area contributed by atoms with E-state index in [0.29, 0.717) is 6.61 Å². The Balaban J connectivity index is 1.96. The van der Waals surface area contributed by atoms with Gasteiger partial charge in [0, 0.05) is 11.0 Å². The molecule has 0 spiro atoms. The first-order chi connectivity index (χ1) is 10.2. The van der Waals surface area contributed by atoms with Crippen LogP contribution in [0.3, 0.4) is 0 Å². The van der Waals surface area contributed by atoms with Gasteiger partial charge in [0.1, 0.15) is 12.4 Å². The summed E-state index contributed by atoms with van der Waals surface area (Å²) in [6.45, 7) is 6.50. The fourth-order valence-corrected chi connectivity index (χ4v) is 2.32. The summed E-state index contributed by atoms with van der Waals surface area (Å²) < 4.78 is 6.89. The number of hydrogen-bond acceptors (Lipinski definition) is 3.